The summed E-state index contributed by atoms with van der Waals surface area (Å²) in [5, 5.41) is 14.0. The molecule has 0 saturated carbocycles. The van der Waals surface area contributed by atoms with E-state index < -0.39 is 20.0 Å². The number of aliphatic hydroxyl groups is 1. The highest BCUT2D eigenvalue weighted by Crippen LogP contribution is 2.38. The van der Waals surface area contributed by atoms with Crippen molar-refractivity contribution >= 4 is 13.7 Å². The van der Waals surface area contributed by atoms with E-state index in [9.17, 15) is 19.4 Å². The van der Waals surface area contributed by atoms with Gasteiger partial charge in [0.2, 0.25) is 5.91 Å². The van der Waals surface area contributed by atoms with Crippen molar-refractivity contribution in [3.63, 3.8) is 0 Å². The Morgan fingerprint density at radius 2 is 0.786 bits per heavy atom. The zero-order valence-electron chi connectivity index (χ0n) is 47.8. The normalized spacial score (nSPS) is 13.9. The van der Waals surface area contributed by atoms with Gasteiger partial charge in [0.05, 0.1) is 39.9 Å². The van der Waals surface area contributed by atoms with Gasteiger partial charge in [-0.1, -0.05) is 289 Å². The summed E-state index contributed by atoms with van der Waals surface area (Å²) in [6.07, 6.45) is 65.5. The summed E-state index contributed by atoms with van der Waals surface area (Å²) in [5.41, 5.74) is 0. The van der Waals surface area contributed by atoms with Crippen molar-refractivity contribution in [1.29, 1.82) is 0 Å². The van der Waals surface area contributed by atoms with Gasteiger partial charge >= 0.3 is 0 Å². The van der Waals surface area contributed by atoms with Crippen LogP contribution in [0, 0.1) is 0 Å². The summed E-state index contributed by atoms with van der Waals surface area (Å²) in [7, 11) is 1.32. The number of phosphoric ester groups is 1. The van der Waals surface area contributed by atoms with E-state index in [-0.39, 0.29) is 19.1 Å². The fourth-order valence-corrected chi connectivity index (χ4v) is 10.4. The first-order valence-electron chi connectivity index (χ1n) is 31.0. The molecule has 9 heteroatoms. The molecule has 0 aromatic rings. The summed E-state index contributed by atoms with van der Waals surface area (Å²) in [4.78, 5) is 25.6. The molecule has 2 N–H and O–H groups in total. The molecular formula is C61H123N2O6P. The average molecular weight is 1010 g/mol. The third-order valence-corrected chi connectivity index (χ3v) is 15.5. The molecule has 8 nitrogen and oxygen atoms in total. The van der Waals surface area contributed by atoms with E-state index in [2.05, 4.69) is 31.3 Å². The predicted molar refractivity (Wildman–Crippen MR) is 302 cm³/mol. The molecule has 0 spiro atoms. The number of likely N-dealkylation sites (N-methyl/N-ethyl adjacent to an activating group) is 1. The minimum atomic E-state index is -4.57. The predicted octanol–water partition coefficient (Wildman–Crippen LogP) is 18.4. The van der Waals surface area contributed by atoms with Crippen LogP contribution < -0.4 is 10.2 Å². The van der Waals surface area contributed by atoms with Crippen LogP contribution in [0.15, 0.2) is 12.2 Å². The standard InChI is InChI=1S/C61H123N2O6P/c1-6-8-10-12-14-16-18-20-22-24-25-26-27-28-29-30-31-32-33-34-35-36-37-39-41-43-45-47-49-51-53-55-61(65)62-59(58-69-70(66,67)68-57-56-63(3,4)5)60(64)54-52-50-48-46-44-42-40-38-23-21-19-17-15-13-11-9-7-2/h28-29,59-60,64H,6-27,30-58H2,1-5H3,(H-,62,65,66,67)/b29-28-. The average Bonchev–Trinajstić information content (AvgIpc) is 3.32. The molecule has 1 amide bonds. The van der Waals surface area contributed by atoms with Crippen molar-refractivity contribution < 1.29 is 32.9 Å². The van der Waals surface area contributed by atoms with E-state index in [1.54, 1.807) is 0 Å². The molecule has 0 aliphatic rings. The second-order valence-corrected chi connectivity index (χ2v) is 24.2. The number of hydrogen-bond acceptors (Lipinski definition) is 6. The van der Waals surface area contributed by atoms with Gasteiger partial charge in [-0.15, -0.1) is 0 Å². The number of allylic oxidation sites excluding steroid dienone is 2. The van der Waals surface area contributed by atoms with Crippen LogP contribution in [-0.4, -0.2) is 68.5 Å². The minimum Gasteiger partial charge on any atom is -0.756 e. The third-order valence-electron chi connectivity index (χ3n) is 14.5. The second-order valence-electron chi connectivity index (χ2n) is 22.8. The van der Waals surface area contributed by atoms with Crippen LogP contribution in [0.3, 0.4) is 0 Å². The molecule has 0 saturated heterocycles. The maximum atomic E-state index is 13.0. The molecule has 0 heterocycles. The Balaban J connectivity index is 4.01. The Morgan fingerprint density at radius 1 is 0.486 bits per heavy atom. The zero-order valence-corrected chi connectivity index (χ0v) is 48.6. The summed E-state index contributed by atoms with van der Waals surface area (Å²) < 4.78 is 23.4. The number of amides is 1. The first-order valence-corrected chi connectivity index (χ1v) is 32.5. The Kier molecular flexibility index (Phi) is 52.5. The van der Waals surface area contributed by atoms with Crippen LogP contribution in [0.4, 0.5) is 0 Å². The molecule has 0 rings (SSSR count). The summed E-state index contributed by atoms with van der Waals surface area (Å²) >= 11 is 0. The van der Waals surface area contributed by atoms with Crippen molar-refractivity contribution in [2.75, 3.05) is 40.9 Å². The molecule has 0 aliphatic carbocycles. The van der Waals surface area contributed by atoms with E-state index in [0.29, 0.717) is 23.9 Å². The molecule has 0 bridgehead atoms. The quantitative estimate of drug-likeness (QED) is 0.0272. The molecule has 3 atom stereocenters. The molecule has 0 radical (unpaired) electrons. The fourth-order valence-electron chi connectivity index (χ4n) is 9.63. The molecule has 0 aromatic heterocycles. The Labute approximate surface area is 437 Å². The number of carbonyl (C=O) groups is 1. The van der Waals surface area contributed by atoms with Gasteiger partial charge in [0.15, 0.2) is 0 Å². The zero-order chi connectivity index (χ0) is 51.3. The highest BCUT2D eigenvalue weighted by Gasteiger charge is 2.24. The van der Waals surface area contributed by atoms with Gasteiger partial charge in [0.25, 0.3) is 7.82 Å². The minimum absolute atomic E-state index is 0.0153. The van der Waals surface area contributed by atoms with E-state index in [4.69, 9.17) is 9.05 Å². The van der Waals surface area contributed by atoms with E-state index in [0.717, 1.165) is 38.5 Å². The maximum Gasteiger partial charge on any atom is 0.268 e. The largest absolute Gasteiger partial charge is 0.756 e. The first-order chi connectivity index (χ1) is 34.0. The number of aliphatic hydroxyl groups excluding tert-OH is 1. The molecule has 0 aromatic carbocycles. The number of hydrogen-bond donors (Lipinski definition) is 2. The molecule has 0 fully saturated rings. The van der Waals surface area contributed by atoms with Gasteiger partial charge in [-0.05, 0) is 38.5 Å². The van der Waals surface area contributed by atoms with Gasteiger partial charge < -0.3 is 28.8 Å². The van der Waals surface area contributed by atoms with Crippen LogP contribution in [0.5, 0.6) is 0 Å². The lowest BCUT2D eigenvalue weighted by Crippen LogP contribution is -2.46. The number of nitrogens with zero attached hydrogens (tertiary/aromatic N) is 1. The fraction of sp³-hybridized carbons (Fsp3) is 0.951. The molecule has 0 aliphatic heterocycles. The lowest BCUT2D eigenvalue weighted by Gasteiger charge is -2.30. The van der Waals surface area contributed by atoms with Gasteiger partial charge in [-0.25, -0.2) is 0 Å². The highest BCUT2D eigenvalue weighted by atomic mass is 31.2. The monoisotopic (exact) mass is 1010 g/mol. The van der Waals surface area contributed by atoms with E-state index in [1.165, 1.54) is 257 Å². The van der Waals surface area contributed by atoms with Crippen molar-refractivity contribution in [2.45, 2.75) is 334 Å². The van der Waals surface area contributed by atoms with Crippen LogP contribution in [0.2, 0.25) is 0 Å². The van der Waals surface area contributed by atoms with Gasteiger partial charge in [0, 0.05) is 6.42 Å². The van der Waals surface area contributed by atoms with Gasteiger partial charge in [-0.2, -0.15) is 0 Å². The number of unbranched alkanes of at least 4 members (excludes halogenated alkanes) is 43. The van der Waals surface area contributed by atoms with Gasteiger partial charge in [0.1, 0.15) is 13.2 Å². The summed E-state index contributed by atoms with van der Waals surface area (Å²) in [5.74, 6) is -0.158. The molecule has 418 valence electrons. The van der Waals surface area contributed by atoms with Gasteiger partial charge in [-0.3, -0.25) is 9.36 Å². The number of phosphoric acid groups is 1. The van der Waals surface area contributed by atoms with Crippen molar-refractivity contribution in [3.05, 3.63) is 12.2 Å². The number of quaternary nitrogens is 1. The van der Waals surface area contributed by atoms with Crippen LogP contribution in [0.1, 0.15) is 322 Å². The molecule has 3 unspecified atom stereocenters. The van der Waals surface area contributed by atoms with Crippen molar-refractivity contribution in [2.24, 2.45) is 0 Å². The van der Waals surface area contributed by atoms with Crippen molar-refractivity contribution in [1.82, 2.24) is 5.32 Å². The topological polar surface area (TPSA) is 108 Å². The first kappa shape index (κ1) is 69.2. The Bertz CT molecular complexity index is 1150. The Morgan fingerprint density at radius 3 is 1.11 bits per heavy atom. The number of carbonyl (C=O) groups excluding carboxylic acids is 1. The number of rotatable bonds is 58. The van der Waals surface area contributed by atoms with E-state index >= 15 is 0 Å². The maximum absolute atomic E-state index is 13.0. The lowest BCUT2D eigenvalue weighted by atomic mass is 10.0. The van der Waals surface area contributed by atoms with Crippen LogP contribution in [0.25, 0.3) is 0 Å². The summed E-state index contributed by atoms with van der Waals surface area (Å²) in [6.45, 7) is 4.77. The lowest BCUT2D eigenvalue weighted by molar-refractivity contribution is -0.870. The SMILES string of the molecule is CCCCCCCCCCCCCC/C=C\CCCCCCCCCCCCCCCCCC(=O)NC(COP(=O)([O-])OCC[N+](C)(C)C)C(O)CCCCCCCCCCCCCCCCCCC. The smallest absolute Gasteiger partial charge is 0.268 e. The van der Waals surface area contributed by atoms with E-state index in [1.807, 2.05) is 21.1 Å². The van der Waals surface area contributed by atoms with Crippen LogP contribution in [-0.2, 0) is 18.4 Å². The number of nitrogens with one attached hydrogen (secondary N) is 1. The van der Waals surface area contributed by atoms with Crippen molar-refractivity contribution in [3.8, 4) is 0 Å². The summed E-state index contributed by atoms with van der Waals surface area (Å²) in [6, 6.07) is -0.797. The Hall–Kier alpha value is -0.760. The van der Waals surface area contributed by atoms with Crippen LogP contribution >= 0.6 is 7.82 Å². The molecular weight excluding hydrogens is 888 g/mol. The third kappa shape index (κ3) is 55.0. The molecule has 70 heavy (non-hydrogen) atoms. The second kappa shape index (κ2) is 53.1. The highest BCUT2D eigenvalue weighted by molar-refractivity contribution is 7.45.